The predicted octanol–water partition coefficient (Wildman–Crippen LogP) is 0.185. The molecule has 0 aliphatic rings. The van der Waals surface area contributed by atoms with Gasteiger partial charge in [-0.2, -0.15) is 0 Å². The standard InChI is InChI=1S/C8H6O4.CH3NO/c9-7(10)5-3-1-2-4-6(5)8(11)12;2-1-3/h1-4H,(H,9,10)(H,11,12);1H,(H2,2,3). The molecule has 0 unspecified atom stereocenters. The van der Waals surface area contributed by atoms with Crippen LogP contribution in [0.15, 0.2) is 24.3 Å². The van der Waals surface area contributed by atoms with Crippen LogP contribution in [0.3, 0.4) is 0 Å². The lowest BCUT2D eigenvalue weighted by Crippen LogP contribution is -2.06. The summed E-state index contributed by atoms with van der Waals surface area (Å²) in [6.07, 6.45) is 0.250. The number of benzene rings is 1. The Hall–Kier alpha value is -2.37. The monoisotopic (exact) mass is 211 g/mol. The normalized spacial score (nSPS) is 8.27. The van der Waals surface area contributed by atoms with E-state index in [0.29, 0.717) is 0 Å². The zero-order valence-electron chi connectivity index (χ0n) is 7.58. The molecule has 4 N–H and O–H groups in total. The molecule has 0 heterocycles. The minimum atomic E-state index is -1.23. The second kappa shape index (κ2) is 6.14. The zero-order chi connectivity index (χ0) is 11.8. The molecule has 1 aromatic carbocycles. The maximum absolute atomic E-state index is 10.5. The number of hydrogen-bond donors (Lipinski definition) is 3. The van der Waals surface area contributed by atoms with E-state index >= 15 is 0 Å². The molecule has 1 rings (SSSR count). The van der Waals surface area contributed by atoms with Crippen LogP contribution in [-0.2, 0) is 4.79 Å². The molecule has 0 bridgehead atoms. The summed E-state index contributed by atoms with van der Waals surface area (Å²) in [7, 11) is 0. The summed E-state index contributed by atoms with van der Waals surface area (Å²) in [5, 5.41) is 17.1. The molecule has 15 heavy (non-hydrogen) atoms. The predicted molar refractivity (Wildman–Crippen MR) is 50.6 cm³/mol. The van der Waals surface area contributed by atoms with Crippen LogP contribution < -0.4 is 5.73 Å². The number of rotatable bonds is 2. The fourth-order valence-electron chi connectivity index (χ4n) is 0.856. The summed E-state index contributed by atoms with van der Waals surface area (Å²) < 4.78 is 0. The fraction of sp³-hybridized carbons (Fsp3) is 0. The molecule has 80 valence electrons. The highest BCUT2D eigenvalue weighted by molar-refractivity contribution is 6.01. The minimum Gasteiger partial charge on any atom is -0.478 e. The molecule has 0 aromatic heterocycles. The van der Waals surface area contributed by atoms with Crippen molar-refractivity contribution in [3.8, 4) is 0 Å². The van der Waals surface area contributed by atoms with Gasteiger partial charge in [-0.3, -0.25) is 4.79 Å². The van der Waals surface area contributed by atoms with Crippen LogP contribution in [0.4, 0.5) is 0 Å². The number of carboxylic acid groups (broad SMARTS) is 2. The number of nitrogens with two attached hydrogens (primary N) is 1. The van der Waals surface area contributed by atoms with Gasteiger partial charge >= 0.3 is 11.9 Å². The maximum Gasteiger partial charge on any atom is 0.336 e. The van der Waals surface area contributed by atoms with Crippen molar-refractivity contribution in [3.63, 3.8) is 0 Å². The molecule has 0 saturated carbocycles. The lowest BCUT2D eigenvalue weighted by atomic mass is 10.1. The first-order chi connectivity index (χ1) is 7.04. The van der Waals surface area contributed by atoms with Crippen molar-refractivity contribution in [3.05, 3.63) is 35.4 Å². The Morgan fingerprint density at radius 3 is 1.53 bits per heavy atom. The van der Waals surface area contributed by atoms with Gasteiger partial charge in [-0.25, -0.2) is 9.59 Å². The molecular weight excluding hydrogens is 202 g/mol. The van der Waals surface area contributed by atoms with Crippen molar-refractivity contribution in [2.24, 2.45) is 5.73 Å². The molecule has 0 atom stereocenters. The van der Waals surface area contributed by atoms with E-state index in [2.05, 4.69) is 5.73 Å². The van der Waals surface area contributed by atoms with Gasteiger partial charge in [-0.15, -0.1) is 0 Å². The molecule has 0 aliphatic heterocycles. The molecule has 1 aromatic rings. The summed E-state index contributed by atoms with van der Waals surface area (Å²) in [4.78, 5) is 29.5. The quantitative estimate of drug-likeness (QED) is 0.603. The topological polar surface area (TPSA) is 118 Å². The third kappa shape index (κ3) is 3.90. The molecule has 0 radical (unpaired) electrons. The van der Waals surface area contributed by atoms with E-state index in [9.17, 15) is 9.59 Å². The molecule has 6 heteroatoms. The zero-order valence-corrected chi connectivity index (χ0v) is 7.58. The highest BCUT2D eigenvalue weighted by Crippen LogP contribution is 2.07. The van der Waals surface area contributed by atoms with Crippen LogP contribution in [0.5, 0.6) is 0 Å². The van der Waals surface area contributed by atoms with Crippen LogP contribution in [-0.4, -0.2) is 28.6 Å². The number of primary amides is 1. The maximum atomic E-state index is 10.5. The number of aromatic carboxylic acids is 2. The van der Waals surface area contributed by atoms with Crippen molar-refractivity contribution < 1.29 is 24.6 Å². The van der Waals surface area contributed by atoms with Crippen LogP contribution in [0.2, 0.25) is 0 Å². The second-order valence-corrected chi connectivity index (χ2v) is 2.29. The van der Waals surface area contributed by atoms with Gasteiger partial charge in [0.2, 0.25) is 6.41 Å². The van der Waals surface area contributed by atoms with E-state index in [4.69, 9.17) is 15.0 Å². The molecule has 0 aliphatic carbocycles. The van der Waals surface area contributed by atoms with Gasteiger partial charge in [0.05, 0.1) is 11.1 Å². The molecule has 0 spiro atoms. The minimum absolute atomic E-state index is 0.190. The van der Waals surface area contributed by atoms with Crippen LogP contribution in [0.25, 0.3) is 0 Å². The van der Waals surface area contributed by atoms with E-state index in [0.717, 1.165) is 0 Å². The van der Waals surface area contributed by atoms with Gasteiger partial charge in [0, 0.05) is 0 Å². The first-order valence-electron chi connectivity index (χ1n) is 3.75. The van der Waals surface area contributed by atoms with E-state index < -0.39 is 11.9 Å². The Bertz CT molecular complexity index is 342. The molecular formula is C9H9NO5. The number of hydrogen-bond acceptors (Lipinski definition) is 3. The van der Waals surface area contributed by atoms with E-state index in [1.165, 1.54) is 24.3 Å². The van der Waals surface area contributed by atoms with E-state index in [1.54, 1.807) is 0 Å². The fourth-order valence-corrected chi connectivity index (χ4v) is 0.856. The highest BCUT2D eigenvalue weighted by atomic mass is 16.4. The third-order valence-corrected chi connectivity index (χ3v) is 1.39. The van der Waals surface area contributed by atoms with Crippen LogP contribution >= 0.6 is 0 Å². The summed E-state index contributed by atoms with van der Waals surface area (Å²) in [5.74, 6) is -2.46. The smallest absolute Gasteiger partial charge is 0.336 e. The average molecular weight is 211 g/mol. The Balaban J connectivity index is 0.000000583. The third-order valence-electron chi connectivity index (χ3n) is 1.39. The molecule has 1 amide bonds. The van der Waals surface area contributed by atoms with E-state index in [-0.39, 0.29) is 17.5 Å². The lowest BCUT2D eigenvalue weighted by molar-refractivity contribution is -0.106. The molecule has 0 fully saturated rings. The first-order valence-corrected chi connectivity index (χ1v) is 3.75. The summed E-state index contributed by atoms with van der Waals surface area (Å²) in [6, 6.07) is 5.48. The van der Waals surface area contributed by atoms with E-state index in [1.807, 2.05) is 0 Å². The van der Waals surface area contributed by atoms with Crippen molar-refractivity contribution in [1.82, 2.24) is 0 Å². The lowest BCUT2D eigenvalue weighted by Gasteiger charge is -1.98. The first kappa shape index (κ1) is 12.6. The van der Waals surface area contributed by atoms with Crippen molar-refractivity contribution in [2.45, 2.75) is 0 Å². The van der Waals surface area contributed by atoms with Crippen molar-refractivity contribution >= 4 is 18.3 Å². The van der Waals surface area contributed by atoms with Crippen LogP contribution in [0, 0.1) is 0 Å². The summed E-state index contributed by atoms with van der Waals surface area (Å²) in [6.45, 7) is 0. The Morgan fingerprint density at radius 2 is 1.33 bits per heavy atom. The largest absolute Gasteiger partial charge is 0.478 e. The Labute approximate surface area is 84.9 Å². The van der Waals surface area contributed by atoms with Gasteiger partial charge < -0.3 is 15.9 Å². The van der Waals surface area contributed by atoms with Gasteiger partial charge in [0.15, 0.2) is 0 Å². The number of carboxylic acids is 2. The van der Waals surface area contributed by atoms with Gasteiger partial charge in [0.1, 0.15) is 0 Å². The van der Waals surface area contributed by atoms with Crippen LogP contribution in [0.1, 0.15) is 20.7 Å². The highest BCUT2D eigenvalue weighted by Gasteiger charge is 2.13. The van der Waals surface area contributed by atoms with Gasteiger partial charge in [-0.1, -0.05) is 12.1 Å². The molecule has 6 nitrogen and oxygen atoms in total. The SMILES string of the molecule is NC=O.O=C(O)c1ccccc1C(=O)O. The van der Waals surface area contributed by atoms with Crippen molar-refractivity contribution in [2.75, 3.05) is 0 Å². The van der Waals surface area contributed by atoms with Gasteiger partial charge in [-0.05, 0) is 12.1 Å². The number of carbonyl (C=O) groups is 3. The van der Waals surface area contributed by atoms with Gasteiger partial charge in [0.25, 0.3) is 0 Å². The number of carbonyl (C=O) groups excluding carboxylic acids is 1. The number of amides is 1. The van der Waals surface area contributed by atoms with Crippen molar-refractivity contribution in [1.29, 1.82) is 0 Å². The Morgan fingerprint density at radius 1 is 1.07 bits per heavy atom. The Kier molecular flexibility index (Phi) is 5.17. The summed E-state index contributed by atoms with van der Waals surface area (Å²) in [5.41, 5.74) is 3.79. The summed E-state index contributed by atoms with van der Waals surface area (Å²) >= 11 is 0. The average Bonchev–Trinajstić information content (AvgIpc) is 2.19. The molecule has 0 saturated heterocycles. The second-order valence-electron chi connectivity index (χ2n) is 2.29.